The molecular weight excluding hydrogens is 424 g/mol. The molecule has 0 amide bonds. The quantitative estimate of drug-likeness (QED) is 0.298. The highest BCUT2D eigenvalue weighted by atomic mass is 16.6. The summed E-state index contributed by atoms with van der Waals surface area (Å²) in [6, 6.07) is 8.91. The summed E-state index contributed by atoms with van der Waals surface area (Å²) < 4.78 is 23.5. The van der Waals surface area contributed by atoms with Gasteiger partial charge in [-0.05, 0) is 30.0 Å². The highest BCUT2D eigenvalue weighted by Crippen LogP contribution is 2.44. The number of benzene rings is 1. The van der Waals surface area contributed by atoms with Gasteiger partial charge in [0, 0.05) is 46.8 Å². The van der Waals surface area contributed by atoms with Gasteiger partial charge in [-0.15, -0.1) is 0 Å². The van der Waals surface area contributed by atoms with E-state index in [1.165, 1.54) is 25.0 Å². The summed E-state index contributed by atoms with van der Waals surface area (Å²) in [4.78, 5) is 29.7. The van der Waals surface area contributed by atoms with Crippen LogP contribution in [0.1, 0.15) is 50.7 Å². The Labute approximate surface area is 194 Å². The smallest absolute Gasteiger partial charge is 0.303 e. The minimum Gasteiger partial charge on any atom is -0.458 e. The Hall–Kier alpha value is -2.87. The van der Waals surface area contributed by atoms with Gasteiger partial charge in [-0.1, -0.05) is 30.8 Å². The number of ether oxygens (including phenoxy) is 4. The molecule has 178 valence electrons. The molecule has 8 heteroatoms. The molecule has 0 aromatic heterocycles. The van der Waals surface area contributed by atoms with Crippen molar-refractivity contribution in [2.75, 3.05) is 20.1 Å². The molecule has 1 aliphatic carbocycles. The van der Waals surface area contributed by atoms with E-state index in [0.717, 1.165) is 25.9 Å². The third-order valence-electron chi connectivity index (χ3n) is 6.85. The Balaban J connectivity index is 1.46. The van der Waals surface area contributed by atoms with Crippen LogP contribution >= 0.6 is 0 Å². The first kappa shape index (κ1) is 23.3. The van der Waals surface area contributed by atoms with Crippen LogP contribution in [0.15, 0.2) is 41.9 Å². The SMILES string of the molecule is C=CC1(O/C(=N\C)N2CCC3(CC2)OCc2ccccc23)CC(OC(C)=O)C(OC(C)=O)C1. The lowest BCUT2D eigenvalue weighted by Gasteiger charge is -2.41. The van der Waals surface area contributed by atoms with Crippen LogP contribution in [0.2, 0.25) is 0 Å². The van der Waals surface area contributed by atoms with Crippen molar-refractivity contribution >= 4 is 18.0 Å². The molecule has 1 saturated carbocycles. The molecule has 33 heavy (non-hydrogen) atoms. The van der Waals surface area contributed by atoms with Crippen LogP contribution in [0, 0.1) is 0 Å². The summed E-state index contributed by atoms with van der Waals surface area (Å²) in [5.41, 5.74) is 1.43. The molecule has 2 heterocycles. The van der Waals surface area contributed by atoms with Gasteiger partial charge in [0.15, 0.2) is 0 Å². The largest absolute Gasteiger partial charge is 0.458 e. The predicted octanol–water partition coefficient (Wildman–Crippen LogP) is 3.09. The van der Waals surface area contributed by atoms with Crippen LogP contribution < -0.4 is 0 Å². The second-order valence-corrected chi connectivity index (χ2v) is 9.01. The normalized spacial score (nSPS) is 28.3. The summed E-state index contributed by atoms with van der Waals surface area (Å²) in [6.45, 7) is 8.75. The molecule has 0 radical (unpaired) electrons. The number of nitrogens with zero attached hydrogens (tertiary/aromatic N) is 2. The van der Waals surface area contributed by atoms with Crippen molar-refractivity contribution in [1.82, 2.24) is 4.90 Å². The Bertz CT molecular complexity index is 926. The monoisotopic (exact) mass is 456 g/mol. The van der Waals surface area contributed by atoms with Gasteiger partial charge < -0.3 is 23.8 Å². The van der Waals surface area contributed by atoms with E-state index in [4.69, 9.17) is 18.9 Å². The standard InChI is InChI=1S/C25H32N2O6/c1-5-24(14-21(31-17(2)28)22(15-24)32-18(3)29)33-23(26-4)27-12-10-25(11-13-27)20-9-7-6-8-19(20)16-30-25/h5-9,21-22H,1,10-16H2,2-4H3/b26-23-. The first-order chi connectivity index (χ1) is 15.8. The van der Waals surface area contributed by atoms with Crippen LogP contribution in [-0.2, 0) is 40.7 Å². The average molecular weight is 457 g/mol. The van der Waals surface area contributed by atoms with Crippen LogP contribution in [0.25, 0.3) is 0 Å². The maximum absolute atomic E-state index is 11.6. The number of esters is 2. The van der Waals surface area contributed by atoms with E-state index >= 15 is 0 Å². The molecule has 2 fully saturated rings. The molecule has 0 N–H and O–H groups in total. The Morgan fingerprint density at radius 3 is 2.27 bits per heavy atom. The van der Waals surface area contributed by atoms with Gasteiger partial charge in [0.25, 0.3) is 6.02 Å². The number of carbonyl (C=O) groups is 2. The summed E-state index contributed by atoms with van der Waals surface area (Å²) in [6.07, 6.45) is 2.83. The van der Waals surface area contributed by atoms with Crippen LogP contribution in [-0.4, -0.2) is 60.8 Å². The third kappa shape index (κ3) is 4.62. The van der Waals surface area contributed by atoms with E-state index < -0.39 is 29.7 Å². The van der Waals surface area contributed by atoms with E-state index in [1.807, 2.05) is 0 Å². The molecule has 1 saturated heterocycles. The third-order valence-corrected chi connectivity index (χ3v) is 6.85. The first-order valence-electron chi connectivity index (χ1n) is 11.4. The average Bonchev–Trinajstić information content (AvgIpc) is 3.31. The molecular formula is C25H32N2O6. The number of rotatable bonds is 4. The van der Waals surface area contributed by atoms with Crippen LogP contribution in [0.5, 0.6) is 0 Å². The van der Waals surface area contributed by atoms with Crippen LogP contribution in [0.4, 0.5) is 0 Å². The second kappa shape index (κ2) is 9.17. The van der Waals surface area contributed by atoms with Gasteiger partial charge in [0.2, 0.25) is 0 Å². The molecule has 1 aromatic carbocycles. The zero-order valence-corrected chi connectivity index (χ0v) is 19.5. The zero-order chi connectivity index (χ0) is 23.6. The number of carbonyl (C=O) groups excluding carboxylic acids is 2. The van der Waals surface area contributed by atoms with Gasteiger partial charge in [-0.2, -0.15) is 0 Å². The highest BCUT2D eigenvalue weighted by Gasteiger charge is 2.50. The van der Waals surface area contributed by atoms with Crippen molar-refractivity contribution in [3.63, 3.8) is 0 Å². The lowest BCUT2D eigenvalue weighted by Crippen LogP contribution is -2.48. The minimum atomic E-state index is -0.860. The Kier molecular flexibility index (Phi) is 6.47. The van der Waals surface area contributed by atoms with Crippen molar-refractivity contribution in [3.05, 3.63) is 48.0 Å². The van der Waals surface area contributed by atoms with E-state index in [-0.39, 0.29) is 5.60 Å². The van der Waals surface area contributed by atoms with Crippen molar-refractivity contribution < 1.29 is 28.5 Å². The second-order valence-electron chi connectivity index (χ2n) is 9.01. The van der Waals surface area contributed by atoms with Gasteiger partial charge >= 0.3 is 11.9 Å². The number of likely N-dealkylation sites (tertiary alicyclic amines) is 1. The summed E-state index contributed by atoms with van der Waals surface area (Å²) >= 11 is 0. The number of fused-ring (bicyclic) bond motifs is 2. The molecule has 0 bridgehead atoms. The lowest BCUT2D eigenvalue weighted by atomic mass is 9.84. The molecule has 2 unspecified atom stereocenters. The topological polar surface area (TPSA) is 86.7 Å². The molecule has 4 rings (SSSR count). The van der Waals surface area contributed by atoms with E-state index in [1.54, 1.807) is 13.1 Å². The molecule has 1 aromatic rings. The van der Waals surface area contributed by atoms with Gasteiger partial charge in [-0.3, -0.25) is 9.59 Å². The zero-order valence-electron chi connectivity index (χ0n) is 19.5. The van der Waals surface area contributed by atoms with E-state index in [2.05, 4.69) is 40.7 Å². The molecule has 8 nitrogen and oxygen atoms in total. The van der Waals surface area contributed by atoms with E-state index in [9.17, 15) is 9.59 Å². The minimum absolute atomic E-state index is 0.254. The maximum atomic E-state index is 11.6. The summed E-state index contributed by atoms with van der Waals surface area (Å²) in [7, 11) is 1.69. The fourth-order valence-electron chi connectivity index (χ4n) is 5.27. The number of aliphatic imine (C=N–C) groups is 1. The molecule has 1 spiro atoms. The van der Waals surface area contributed by atoms with Gasteiger partial charge in [0.1, 0.15) is 17.8 Å². The molecule has 3 aliphatic rings. The number of hydrogen-bond acceptors (Lipinski definition) is 7. The van der Waals surface area contributed by atoms with Crippen molar-refractivity contribution in [2.24, 2.45) is 4.99 Å². The number of piperidine rings is 1. The molecule has 2 aliphatic heterocycles. The fourth-order valence-corrected chi connectivity index (χ4v) is 5.27. The maximum Gasteiger partial charge on any atom is 0.303 e. The van der Waals surface area contributed by atoms with Crippen molar-refractivity contribution in [2.45, 2.75) is 69.5 Å². The van der Waals surface area contributed by atoms with Gasteiger partial charge in [0.05, 0.1) is 12.2 Å². The Morgan fingerprint density at radius 2 is 1.73 bits per heavy atom. The Morgan fingerprint density at radius 1 is 1.12 bits per heavy atom. The summed E-state index contributed by atoms with van der Waals surface area (Å²) in [5.74, 6) is -0.862. The first-order valence-corrected chi connectivity index (χ1v) is 11.4. The lowest BCUT2D eigenvalue weighted by molar-refractivity contribution is -0.162. The van der Waals surface area contributed by atoms with Crippen LogP contribution in [0.3, 0.4) is 0 Å². The number of hydrogen-bond donors (Lipinski definition) is 0. The predicted molar refractivity (Wildman–Crippen MR) is 121 cm³/mol. The van der Waals surface area contributed by atoms with E-state index in [0.29, 0.717) is 25.5 Å². The highest BCUT2D eigenvalue weighted by molar-refractivity contribution is 5.75. The van der Waals surface area contributed by atoms with Crippen molar-refractivity contribution in [1.29, 1.82) is 0 Å². The van der Waals surface area contributed by atoms with Crippen molar-refractivity contribution in [3.8, 4) is 0 Å². The van der Waals surface area contributed by atoms with Gasteiger partial charge in [-0.25, -0.2) is 4.99 Å². The molecule has 2 atom stereocenters. The number of amidine groups is 1. The fraction of sp³-hybridized carbons (Fsp3) is 0.560. The summed E-state index contributed by atoms with van der Waals surface area (Å²) in [5, 5.41) is 0.